The number of hydrogen-bond acceptors (Lipinski definition) is 3. The van der Waals surface area contributed by atoms with Gasteiger partial charge in [-0.2, -0.15) is 0 Å². The number of carboxylic acids is 1. The van der Waals surface area contributed by atoms with Crippen LogP contribution in [0.1, 0.15) is 12.0 Å². The summed E-state index contributed by atoms with van der Waals surface area (Å²) in [5.74, 6) is -0.937. The van der Waals surface area contributed by atoms with Crippen LogP contribution in [0.25, 0.3) is 0 Å². The van der Waals surface area contributed by atoms with Gasteiger partial charge in [0.25, 0.3) is 0 Å². The van der Waals surface area contributed by atoms with Crippen molar-refractivity contribution in [2.24, 2.45) is 5.73 Å². The van der Waals surface area contributed by atoms with Gasteiger partial charge < -0.3 is 15.7 Å². The maximum absolute atomic E-state index is 10.5. The molecule has 3 N–H and O–H groups in total. The third-order valence-electron chi connectivity index (χ3n) is 2.43. The van der Waals surface area contributed by atoms with Gasteiger partial charge in [-0.1, -0.05) is 30.3 Å². The fourth-order valence-corrected chi connectivity index (χ4v) is 1.46. The van der Waals surface area contributed by atoms with Crippen molar-refractivity contribution >= 4 is 5.97 Å². The van der Waals surface area contributed by atoms with Crippen LogP contribution < -0.4 is 5.73 Å². The predicted octanol–water partition coefficient (Wildman–Crippen LogP) is 0.920. The number of hydrogen-bond donors (Lipinski definition) is 2. The van der Waals surface area contributed by atoms with E-state index in [4.69, 9.17) is 10.8 Å². The first kappa shape index (κ1) is 12.7. The molecule has 0 aliphatic carbocycles. The quantitative estimate of drug-likeness (QED) is 0.751. The summed E-state index contributed by atoms with van der Waals surface area (Å²) < 4.78 is 0. The van der Waals surface area contributed by atoms with Gasteiger partial charge in [-0.15, -0.1) is 0 Å². The minimum absolute atomic E-state index is 0.471. The van der Waals surface area contributed by atoms with Crippen LogP contribution in [0.2, 0.25) is 0 Å². The van der Waals surface area contributed by atoms with E-state index in [0.29, 0.717) is 13.0 Å². The minimum atomic E-state index is -0.937. The van der Waals surface area contributed by atoms with Crippen LogP contribution in [0.3, 0.4) is 0 Å². The van der Waals surface area contributed by atoms with Crippen molar-refractivity contribution in [2.45, 2.75) is 19.0 Å². The van der Waals surface area contributed by atoms with Gasteiger partial charge >= 0.3 is 5.97 Å². The largest absolute Gasteiger partial charge is 0.480 e. The molecule has 1 atom stereocenters. The first-order valence-corrected chi connectivity index (χ1v) is 5.30. The summed E-state index contributed by atoms with van der Waals surface area (Å²) in [5.41, 5.74) is 6.65. The molecule has 0 saturated heterocycles. The molecule has 0 radical (unpaired) electrons. The highest BCUT2D eigenvalue weighted by atomic mass is 16.4. The lowest BCUT2D eigenvalue weighted by Crippen LogP contribution is -2.34. The Morgan fingerprint density at radius 3 is 2.62 bits per heavy atom. The molecular weight excluding hydrogens is 204 g/mol. The van der Waals surface area contributed by atoms with Crippen molar-refractivity contribution < 1.29 is 9.90 Å². The standard InChI is InChI=1S/C12H18N2O2/c1-14(8-7-11(13)12(15)16)9-10-5-3-2-4-6-10/h2-6,11H,7-9,13H2,1H3,(H,15,16). The highest BCUT2D eigenvalue weighted by Gasteiger charge is 2.11. The molecule has 0 amide bonds. The molecule has 1 rings (SSSR count). The van der Waals surface area contributed by atoms with E-state index in [1.165, 1.54) is 5.56 Å². The van der Waals surface area contributed by atoms with Crippen LogP contribution in [0.15, 0.2) is 30.3 Å². The average molecular weight is 222 g/mol. The SMILES string of the molecule is CN(CCC(N)C(=O)O)Cc1ccccc1. The minimum Gasteiger partial charge on any atom is -0.480 e. The normalized spacial score (nSPS) is 12.7. The second kappa shape index (κ2) is 6.25. The van der Waals surface area contributed by atoms with Gasteiger partial charge in [-0.25, -0.2) is 0 Å². The molecule has 16 heavy (non-hydrogen) atoms. The molecule has 0 aliphatic heterocycles. The molecule has 1 unspecified atom stereocenters. The maximum atomic E-state index is 10.5. The van der Waals surface area contributed by atoms with Gasteiger partial charge in [0.15, 0.2) is 0 Å². The van der Waals surface area contributed by atoms with Gasteiger partial charge in [0.2, 0.25) is 0 Å². The molecule has 1 aromatic rings. The Bertz CT molecular complexity index is 327. The van der Waals surface area contributed by atoms with Gasteiger partial charge in [0.05, 0.1) is 0 Å². The van der Waals surface area contributed by atoms with E-state index in [9.17, 15) is 4.79 Å². The molecule has 0 aliphatic rings. The third-order valence-corrected chi connectivity index (χ3v) is 2.43. The molecule has 4 heteroatoms. The third kappa shape index (κ3) is 4.42. The summed E-state index contributed by atoms with van der Waals surface area (Å²) in [5, 5.41) is 8.64. The molecule has 1 aromatic carbocycles. The molecule has 0 heterocycles. The van der Waals surface area contributed by atoms with Gasteiger partial charge in [0.1, 0.15) is 6.04 Å². The van der Waals surface area contributed by atoms with Crippen molar-refractivity contribution in [3.05, 3.63) is 35.9 Å². The van der Waals surface area contributed by atoms with E-state index < -0.39 is 12.0 Å². The Morgan fingerprint density at radius 1 is 1.44 bits per heavy atom. The Kier molecular flexibility index (Phi) is 4.95. The zero-order chi connectivity index (χ0) is 12.0. The number of aliphatic carboxylic acids is 1. The van der Waals surface area contributed by atoms with Crippen molar-refractivity contribution in [3.63, 3.8) is 0 Å². The lowest BCUT2D eigenvalue weighted by molar-refractivity contribution is -0.138. The molecule has 88 valence electrons. The van der Waals surface area contributed by atoms with E-state index in [1.54, 1.807) is 0 Å². The molecule has 0 spiro atoms. The Balaban J connectivity index is 2.31. The lowest BCUT2D eigenvalue weighted by Gasteiger charge is -2.17. The van der Waals surface area contributed by atoms with Crippen LogP contribution in [0.5, 0.6) is 0 Å². The van der Waals surface area contributed by atoms with Crippen molar-refractivity contribution in [1.82, 2.24) is 4.90 Å². The summed E-state index contributed by atoms with van der Waals surface area (Å²) in [6.07, 6.45) is 0.471. The highest BCUT2D eigenvalue weighted by molar-refractivity contribution is 5.72. The molecule has 0 saturated carbocycles. The van der Waals surface area contributed by atoms with Crippen LogP contribution in [-0.4, -0.2) is 35.6 Å². The fraction of sp³-hybridized carbons (Fsp3) is 0.417. The smallest absolute Gasteiger partial charge is 0.320 e. The zero-order valence-corrected chi connectivity index (χ0v) is 9.47. The monoisotopic (exact) mass is 222 g/mol. The van der Waals surface area contributed by atoms with Crippen LogP contribution >= 0.6 is 0 Å². The fourth-order valence-electron chi connectivity index (χ4n) is 1.46. The number of benzene rings is 1. The molecule has 0 fully saturated rings. The maximum Gasteiger partial charge on any atom is 0.320 e. The van der Waals surface area contributed by atoms with Gasteiger partial charge in [-0.3, -0.25) is 4.79 Å². The lowest BCUT2D eigenvalue weighted by atomic mass is 10.2. The molecule has 4 nitrogen and oxygen atoms in total. The van der Waals surface area contributed by atoms with Gasteiger partial charge in [0, 0.05) is 13.1 Å². The van der Waals surface area contributed by atoms with Crippen molar-refractivity contribution in [3.8, 4) is 0 Å². The number of nitrogens with zero attached hydrogens (tertiary/aromatic N) is 1. The number of carbonyl (C=O) groups is 1. The topological polar surface area (TPSA) is 66.6 Å². The number of rotatable bonds is 6. The zero-order valence-electron chi connectivity index (χ0n) is 9.47. The summed E-state index contributed by atoms with van der Waals surface area (Å²) in [7, 11) is 1.96. The van der Waals surface area contributed by atoms with E-state index in [0.717, 1.165) is 6.54 Å². The number of nitrogens with two attached hydrogens (primary N) is 1. The first-order valence-electron chi connectivity index (χ1n) is 5.30. The second-order valence-corrected chi connectivity index (χ2v) is 3.96. The average Bonchev–Trinajstić information content (AvgIpc) is 2.27. The Hall–Kier alpha value is -1.39. The van der Waals surface area contributed by atoms with Crippen molar-refractivity contribution in [1.29, 1.82) is 0 Å². The predicted molar refractivity (Wildman–Crippen MR) is 63.0 cm³/mol. The number of carboxylic acid groups (broad SMARTS) is 1. The molecule has 0 aromatic heterocycles. The summed E-state index contributed by atoms with van der Waals surface area (Å²) >= 11 is 0. The van der Waals surface area contributed by atoms with E-state index in [2.05, 4.69) is 4.90 Å². The Labute approximate surface area is 95.7 Å². The molecular formula is C12H18N2O2. The van der Waals surface area contributed by atoms with Crippen LogP contribution in [0.4, 0.5) is 0 Å². The molecule has 0 bridgehead atoms. The van der Waals surface area contributed by atoms with E-state index in [1.807, 2.05) is 37.4 Å². The van der Waals surface area contributed by atoms with Crippen LogP contribution in [0, 0.1) is 0 Å². The van der Waals surface area contributed by atoms with Crippen molar-refractivity contribution in [2.75, 3.05) is 13.6 Å². The Morgan fingerprint density at radius 2 is 2.06 bits per heavy atom. The van der Waals surface area contributed by atoms with E-state index >= 15 is 0 Å². The summed E-state index contributed by atoms with van der Waals surface area (Å²) in [4.78, 5) is 12.6. The summed E-state index contributed by atoms with van der Waals surface area (Å²) in [6, 6.07) is 9.29. The van der Waals surface area contributed by atoms with Gasteiger partial charge in [-0.05, 0) is 19.0 Å². The highest BCUT2D eigenvalue weighted by Crippen LogP contribution is 2.03. The second-order valence-electron chi connectivity index (χ2n) is 3.96. The van der Waals surface area contributed by atoms with E-state index in [-0.39, 0.29) is 0 Å². The first-order chi connectivity index (χ1) is 7.59. The summed E-state index contributed by atoms with van der Waals surface area (Å²) in [6.45, 7) is 1.50. The van der Waals surface area contributed by atoms with Crippen LogP contribution in [-0.2, 0) is 11.3 Å².